The number of hydrogen-bond acceptors (Lipinski definition) is 2. The van der Waals surface area contributed by atoms with E-state index in [1.165, 1.54) is 25.7 Å². The van der Waals surface area contributed by atoms with Crippen molar-refractivity contribution >= 4 is 5.91 Å². The van der Waals surface area contributed by atoms with Gasteiger partial charge in [0, 0.05) is 12.6 Å². The van der Waals surface area contributed by atoms with Crippen molar-refractivity contribution in [2.75, 3.05) is 6.54 Å². The highest BCUT2D eigenvalue weighted by Gasteiger charge is 2.47. The van der Waals surface area contributed by atoms with Crippen molar-refractivity contribution in [1.29, 1.82) is 0 Å². The minimum atomic E-state index is -0.625. The van der Waals surface area contributed by atoms with Crippen molar-refractivity contribution < 1.29 is 4.79 Å². The van der Waals surface area contributed by atoms with Gasteiger partial charge in [-0.3, -0.25) is 4.79 Å². The maximum atomic E-state index is 12.8. The largest absolute Gasteiger partial charge is 0.338 e. The lowest BCUT2D eigenvalue weighted by molar-refractivity contribution is -0.139. The topological polar surface area (TPSA) is 46.3 Å². The molecule has 0 aliphatic heterocycles. The maximum Gasteiger partial charge on any atom is 0.242 e. The summed E-state index contributed by atoms with van der Waals surface area (Å²) in [5.74, 6) is 1.27. The van der Waals surface area contributed by atoms with E-state index in [2.05, 4.69) is 18.7 Å². The molecule has 19 heavy (non-hydrogen) atoms. The fraction of sp³-hybridized carbons (Fsp3) is 0.938. The second-order valence-electron chi connectivity index (χ2n) is 7.18. The molecule has 2 aliphatic rings. The highest BCUT2D eigenvalue weighted by molar-refractivity contribution is 5.86. The number of nitrogens with zero attached hydrogens (tertiary/aromatic N) is 1. The zero-order valence-electron chi connectivity index (χ0n) is 12.8. The Bertz CT molecular complexity index is 315. The van der Waals surface area contributed by atoms with Crippen molar-refractivity contribution in [2.45, 2.75) is 77.3 Å². The molecule has 2 fully saturated rings. The fourth-order valence-corrected chi connectivity index (χ4v) is 3.23. The Morgan fingerprint density at radius 2 is 1.84 bits per heavy atom. The highest BCUT2D eigenvalue weighted by atomic mass is 16.2. The van der Waals surface area contributed by atoms with Gasteiger partial charge in [-0.1, -0.05) is 26.7 Å². The molecule has 2 saturated carbocycles. The van der Waals surface area contributed by atoms with Gasteiger partial charge < -0.3 is 10.6 Å². The Labute approximate surface area is 117 Å². The lowest BCUT2D eigenvalue weighted by Gasteiger charge is -2.36. The summed E-state index contributed by atoms with van der Waals surface area (Å²) in [6.45, 7) is 7.28. The van der Waals surface area contributed by atoms with Crippen LogP contribution in [0, 0.1) is 11.8 Å². The number of rotatable bonds is 6. The standard InChI is InChI=1S/C16H30N2O/c1-12(2)10-11-18(14-6-4-5-7-14)15(19)16(3,17)13-8-9-13/h12-14H,4-11,17H2,1-3H3. The number of nitrogens with two attached hydrogens (primary N) is 1. The van der Waals surface area contributed by atoms with Gasteiger partial charge in [0.05, 0.1) is 5.54 Å². The average Bonchev–Trinajstić information content (AvgIpc) is 3.08. The predicted molar refractivity (Wildman–Crippen MR) is 78.7 cm³/mol. The molecule has 0 radical (unpaired) electrons. The van der Waals surface area contributed by atoms with Gasteiger partial charge in [0.25, 0.3) is 0 Å². The summed E-state index contributed by atoms with van der Waals surface area (Å²) in [6, 6.07) is 0.452. The van der Waals surface area contributed by atoms with Gasteiger partial charge in [0.1, 0.15) is 0 Å². The van der Waals surface area contributed by atoms with Crippen LogP contribution in [0.25, 0.3) is 0 Å². The highest BCUT2D eigenvalue weighted by Crippen LogP contribution is 2.40. The van der Waals surface area contributed by atoms with E-state index in [1.54, 1.807) is 0 Å². The lowest BCUT2D eigenvalue weighted by atomic mass is 9.93. The molecule has 2 N–H and O–H groups in total. The lowest BCUT2D eigenvalue weighted by Crippen LogP contribution is -2.57. The van der Waals surface area contributed by atoms with Crippen LogP contribution >= 0.6 is 0 Å². The van der Waals surface area contributed by atoms with E-state index in [-0.39, 0.29) is 5.91 Å². The average molecular weight is 266 g/mol. The van der Waals surface area contributed by atoms with Crippen LogP contribution in [-0.4, -0.2) is 28.9 Å². The number of amides is 1. The van der Waals surface area contributed by atoms with E-state index in [9.17, 15) is 4.79 Å². The first-order chi connectivity index (χ1) is 8.93. The Morgan fingerprint density at radius 1 is 1.26 bits per heavy atom. The normalized spacial score (nSPS) is 23.6. The summed E-state index contributed by atoms with van der Waals surface area (Å²) in [7, 11) is 0. The first kappa shape index (κ1) is 14.8. The molecule has 0 aromatic rings. The van der Waals surface area contributed by atoms with E-state index in [0.29, 0.717) is 17.9 Å². The number of carbonyl (C=O) groups is 1. The molecule has 0 heterocycles. The van der Waals surface area contributed by atoms with Crippen LogP contribution in [-0.2, 0) is 4.79 Å². The molecule has 0 aromatic heterocycles. The van der Waals surface area contributed by atoms with Crippen molar-refractivity contribution in [1.82, 2.24) is 4.90 Å². The molecule has 0 aromatic carbocycles. The quantitative estimate of drug-likeness (QED) is 0.803. The molecule has 1 atom stereocenters. The van der Waals surface area contributed by atoms with Crippen molar-refractivity contribution in [3.05, 3.63) is 0 Å². The van der Waals surface area contributed by atoms with Crippen LogP contribution in [0.4, 0.5) is 0 Å². The van der Waals surface area contributed by atoms with E-state index in [1.807, 2.05) is 6.92 Å². The molecule has 2 aliphatic carbocycles. The Hall–Kier alpha value is -0.570. The van der Waals surface area contributed by atoms with E-state index in [4.69, 9.17) is 5.73 Å². The Morgan fingerprint density at radius 3 is 2.32 bits per heavy atom. The molecule has 1 amide bonds. The Balaban J connectivity index is 2.04. The molecule has 3 heteroatoms. The van der Waals surface area contributed by atoms with E-state index < -0.39 is 5.54 Å². The second kappa shape index (κ2) is 5.82. The molecule has 2 rings (SSSR count). The summed E-state index contributed by atoms with van der Waals surface area (Å²) in [4.78, 5) is 15.0. The number of carbonyl (C=O) groups excluding carboxylic acids is 1. The summed E-state index contributed by atoms with van der Waals surface area (Å²) in [6.07, 6.45) is 8.21. The molecule has 0 bridgehead atoms. The first-order valence-electron chi connectivity index (χ1n) is 8.03. The van der Waals surface area contributed by atoms with Crippen molar-refractivity contribution in [3.63, 3.8) is 0 Å². The van der Waals surface area contributed by atoms with Gasteiger partial charge >= 0.3 is 0 Å². The van der Waals surface area contributed by atoms with Crippen LogP contribution < -0.4 is 5.73 Å². The zero-order chi connectivity index (χ0) is 14.0. The zero-order valence-corrected chi connectivity index (χ0v) is 12.8. The van der Waals surface area contributed by atoms with Crippen LogP contribution in [0.15, 0.2) is 0 Å². The van der Waals surface area contributed by atoms with Crippen LogP contribution in [0.1, 0.15) is 65.7 Å². The molecule has 0 spiro atoms. The minimum Gasteiger partial charge on any atom is -0.338 e. The van der Waals surface area contributed by atoms with E-state index in [0.717, 1.165) is 25.8 Å². The van der Waals surface area contributed by atoms with Gasteiger partial charge in [-0.15, -0.1) is 0 Å². The second-order valence-corrected chi connectivity index (χ2v) is 7.18. The molecule has 0 saturated heterocycles. The van der Waals surface area contributed by atoms with Crippen LogP contribution in [0.5, 0.6) is 0 Å². The molecular formula is C16H30N2O. The van der Waals surface area contributed by atoms with Gasteiger partial charge in [0.2, 0.25) is 5.91 Å². The summed E-state index contributed by atoms with van der Waals surface area (Å²) >= 11 is 0. The van der Waals surface area contributed by atoms with Crippen molar-refractivity contribution in [3.8, 4) is 0 Å². The first-order valence-corrected chi connectivity index (χ1v) is 8.03. The third kappa shape index (κ3) is 3.50. The van der Waals surface area contributed by atoms with Crippen LogP contribution in [0.2, 0.25) is 0 Å². The van der Waals surface area contributed by atoms with E-state index >= 15 is 0 Å². The summed E-state index contributed by atoms with van der Waals surface area (Å²) < 4.78 is 0. The molecule has 1 unspecified atom stereocenters. The molecular weight excluding hydrogens is 236 g/mol. The maximum absolute atomic E-state index is 12.8. The number of hydrogen-bond donors (Lipinski definition) is 1. The summed E-state index contributed by atoms with van der Waals surface area (Å²) in [5, 5.41) is 0. The molecule has 3 nitrogen and oxygen atoms in total. The third-order valence-electron chi connectivity index (χ3n) is 4.86. The monoisotopic (exact) mass is 266 g/mol. The molecule has 110 valence electrons. The van der Waals surface area contributed by atoms with Gasteiger partial charge in [0.15, 0.2) is 0 Å². The SMILES string of the molecule is CC(C)CCN(C(=O)C(C)(N)C1CC1)C1CCCC1. The minimum absolute atomic E-state index is 0.211. The Kier molecular flexibility index (Phi) is 4.54. The van der Waals surface area contributed by atoms with Gasteiger partial charge in [-0.25, -0.2) is 0 Å². The predicted octanol–water partition coefficient (Wildman–Crippen LogP) is 2.93. The smallest absolute Gasteiger partial charge is 0.242 e. The van der Waals surface area contributed by atoms with Gasteiger partial charge in [-0.05, 0) is 50.9 Å². The van der Waals surface area contributed by atoms with Crippen molar-refractivity contribution in [2.24, 2.45) is 17.6 Å². The third-order valence-corrected chi connectivity index (χ3v) is 4.86. The van der Waals surface area contributed by atoms with Crippen LogP contribution in [0.3, 0.4) is 0 Å². The summed E-state index contributed by atoms with van der Waals surface area (Å²) in [5.41, 5.74) is 5.72. The fourth-order valence-electron chi connectivity index (χ4n) is 3.23. The van der Waals surface area contributed by atoms with Gasteiger partial charge in [-0.2, -0.15) is 0 Å².